The van der Waals surface area contributed by atoms with Crippen molar-refractivity contribution in [1.29, 1.82) is 0 Å². The number of aryl methyl sites for hydroxylation is 3. The SMILES string of the molecule is C=CCOC(=O)c1sc(N2C(=O)C(=O)C(=C(O)c3cc(C)ccc3C)C2c2ccc(O)c(OCC)c2)nc1C. The Morgan fingerprint density at radius 1 is 1.18 bits per heavy atom. The zero-order valence-corrected chi connectivity index (χ0v) is 22.8. The summed E-state index contributed by atoms with van der Waals surface area (Å²) in [5, 5.41) is 21.8. The minimum atomic E-state index is -1.12. The Kier molecular flexibility index (Phi) is 7.87. The second kappa shape index (κ2) is 11.1. The van der Waals surface area contributed by atoms with Gasteiger partial charge < -0.3 is 19.7 Å². The van der Waals surface area contributed by atoms with Gasteiger partial charge in [0, 0.05) is 5.56 Å². The van der Waals surface area contributed by atoms with Gasteiger partial charge in [-0.2, -0.15) is 0 Å². The van der Waals surface area contributed by atoms with Gasteiger partial charge in [0.05, 0.1) is 23.9 Å². The van der Waals surface area contributed by atoms with Crippen LogP contribution in [-0.2, 0) is 14.3 Å². The third-order valence-corrected chi connectivity index (χ3v) is 7.34. The molecule has 3 aromatic rings. The first-order valence-electron chi connectivity index (χ1n) is 12.2. The highest BCUT2D eigenvalue weighted by Gasteiger charge is 2.48. The summed E-state index contributed by atoms with van der Waals surface area (Å²) < 4.78 is 10.7. The Hall–Kier alpha value is -4.44. The molecular weight excluding hydrogens is 520 g/mol. The van der Waals surface area contributed by atoms with E-state index in [0.29, 0.717) is 22.4 Å². The maximum atomic E-state index is 13.5. The number of aliphatic hydroxyl groups is 1. The van der Waals surface area contributed by atoms with Crippen LogP contribution >= 0.6 is 11.3 Å². The number of hydrogen-bond donors (Lipinski definition) is 2. The number of phenolic OH excluding ortho intramolecular Hbond substituents is 1. The smallest absolute Gasteiger partial charge is 0.350 e. The molecule has 2 heterocycles. The molecule has 1 aromatic heterocycles. The summed E-state index contributed by atoms with van der Waals surface area (Å²) in [5.41, 5.74) is 2.54. The van der Waals surface area contributed by atoms with Crippen molar-refractivity contribution in [2.75, 3.05) is 18.1 Å². The fourth-order valence-electron chi connectivity index (χ4n) is 4.33. The molecule has 1 atom stereocenters. The molecule has 0 saturated carbocycles. The van der Waals surface area contributed by atoms with Crippen molar-refractivity contribution in [1.82, 2.24) is 4.98 Å². The molecule has 1 saturated heterocycles. The molecule has 0 aliphatic carbocycles. The van der Waals surface area contributed by atoms with Crippen molar-refractivity contribution < 1.29 is 34.1 Å². The number of aromatic nitrogens is 1. The number of anilines is 1. The number of esters is 1. The van der Waals surface area contributed by atoms with E-state index in [1.807, 2.05) is 19.1 Å². The van der Waals surface area contributed by atoms with Crippen LogP contribution in [0, 0.1) is 20.8 Å². The Balaban J connectivity index is 1.95. The second-order valence-corrected chi connectivity index (χ2v) is 9.92. The molecule has 1 aliphatic heterocycles. The highest BCUT2D eigenvalue weighted by atomic mass is 32.1. The lowest BCUT2D eigenvalue weighted by Crippen LogP contribution is -2.29. The van der Waals surface area contributed by atoms with Gasteiger partial charge in [-0.25, -0.2) is 9.78 Å². The van der Waals surface area contributed by atoms with Crippen LogP contribution in [0.4, 0.5) is 5.13 Å². The number of ketones is 1. The number of rotatable bonds is 8. The van der Waals surface area contributed by atoms with Crippen molar-refractivity contribution >= 4 is 39.9 Å². The lowest BCUT2D eigenvalue weighted by Gasteiger charge is -2.24. The quantitative estimate of drug-likeness (QED) is 0.130. The number of aromatic hydroxyl groups is 1. The van der Waals surface area contributed by atoms with Gasteiger partial charge in [0.25, 0.3) is 5.78 Å². The van der Waals surface area contributed by atoms with E-state index in [4.69, 9.17) is 9.47 Å². The van der Waals surface area contributed by atoms with E-state index >= 15 is 0 Å². The molecule has 1 fully saturated rings. The predicted octanol–water partition coefficient (Wildman–Crippen LogP) is 5.14. The molecule has 0 bridgehead atoms. The number of hydrogen-bond acceptors (Lipinski definition) is 9. The molecule has 1 unspecified atom stereocenters. The molecule has 39 heavy (non-hydrogen) atoms. The predicted molar refractivity (Wildman–Crippen MR) is 147 cm³/mol. The minimum Gasteiger partial charge on any atom is -0.507 e. The third-order valence-electron chi connectivity index (χ3n) is 6.20. The summed E-state index contributed by atoms with van der Waals surface area (Å²) >= 11 is 0.900. The second-order valence-electron chi connectivity index (χ2n) is 8.95. The van der Waals surface area contributed by atoms with E-state index in [0.717, 1.165) is 21.8 Å². The van der Waals surface area contributed by atoms with Crippen molar-refractivity contribution in [3.63, 3.8) is 0 Å². The number of Topliss-reactive ketones (excluding diaryl/α,β-unsaturated/α-hetero) is 1. The summed E-state index contributed by atoms with van der Waals surface area (Å²) in [4.78, 5) is 45.3. The highest BCUT2D eigenvalue weighted by Crippen LogP contribution is 2.45. The van der Waals surface area contributed by atoms with Gasteiger partial charge >= 0.3 is 11.9 Å². The number of carbonyl (C=O) groups is 3. The number of phenols is 1. The van der Waals surface area contributed by atoms with E-state index in [9.17, 15) is 24.6 Å². The zero-order chi connectivity index (χ0) is 28.4. The first kappa shape index (κ1) is 27.6. The summed E-state index contributed by atoms with van der Waals surface area (Å²) in [6.45, 7) is 10.8. The molecular formula is C29H28N2O7S. The van der Waals surface area contributed by atoms with Crippen LogP contribution in [0.3, 0.4) is 0 Å². The van der Waals surface area contributed by atoms with Crippen molar-refractivity contribution in [3.8, 4) is 11.5 Å². The number of amides is 1. The fraction of sp³-hybridized carbons (Fsp3) is 0.241. The van der Waals surface area contributed by atoms with Crippen LogP contribution in [0.2, 0.25) is 0 Å². The third kappa shape index (κ3) is 5.15. The van der Waals surface area contributed by atoms with Crippen LogP contribution in [0.1, 0.15) is 50.6 Å². The molecule has 1 aliphatic rings. The van der Waals surface area contributed by atoms with E-state index in [1.165, 1.54) is 24.3 Å². The normalized spacial score (nSPS) is 16.4. The van der Waals surface area contributed by atoms with E-state index in [1.54, 1.807) is 26.8 Å². The van der Waals surface area contributed by atoms with E-state index in [2.05, 4.69) is 11.6 Å². The van der Waals surface area contributed by atoms with Crippen LogP contribution in [-0.4, -0.2) is 46.1 Å². The maximum Gasteiger partial charge on any atom is 0.350 e. The van der Waals surface area contributed by atoms with Gasteiger partial charge in [0.1, 0.15) is 17.2 Å². The van der Waals surface area contributed by atoms with E-state index in [-0.39, 0.29) is 46.1 Å². The highest BCUT2D eigenvalue weighted by molar-refractivity contribution is 7.17. The Labute approximate surface area is 229 Å². The number of aliphatic hydroxyl groups excluding tert-OH is 1. The molecule has 1 amide bonds. The van der Waals surface area contributed by atoms with Gasteiger partial charge in [-0.1, -0.05) is 47.8 Å². The van der Waals surface area contributed by atoms with Crippen LogP contribution in [0.25, 0.3) is 5.76 Å². The Bertz CT molecular complexity index is 1520. The Morgan fingerprint density at radius 3 is 2.62 bits per heavy atom. The molecule has 4 rings (SSSR count). The van der Waals surface area contributed by atoms with Gasteiger partial charge in [-0.05, 0) is 57.0 Å². The molecule has 9 nitrogen and oxygen atoms in total. The largest absolute Gasteiger partial charge is 0.507 e. The summed E-state index contributed by atoms with van der Waals surface area (Å²) in [7, 11) is 0. The van der Waals surface area contributed by atoms with Gasteiger partial charge in [-0.3, -0.25) is 14.5 Å². The Morgan fingerprint density at radius 2 is 1.92 bits per heavy atom. The lowest BCUT2D eigenvalue weighted by molar-refractivity contribution is -0.132. The zero-order valence-electron chi connectivity index (χ0n) is 22.0. The number of nitrogens with zero attached hydrogens (tertiary/aromatic N) is 2. The topological polar surface area (TPSA) is 126 Å². The molecule has 202 valence electrons. The first-order chi connectivity index (χ1) is 18.6. The number of ether oxygens (including phenoxy) is 2. The average molecular weight is 549 g/mol. The molecule has 0 spiro atoms. The number of thiazole rings is 1. The molecule has 2 N–H and O–H groups in total. The van der Waals surface area contributed by atoms with Crippen LogP contribution < -0.4 is 9.64 Å². The van der Waals surface area contributed by atoms with Crippen molar-refractivity contribution in [2.24, 2.45) is 0 Å². The van der Waals surface area contributed by atoms with Crippen LogP contribution in [0.15, 0.2) is 54.6 Å². The van der Waals surface area contributed by atoms with Crippen LogP contribution in [0.5, 0.6) is 11.5 Å². The molecule has 0 radical (unpaired) electrons. The average Bonchev–Trinajstić information content (AvgIpc) is 3.41. The number of carbonyl (C=O) groups excluding carboxylic acids is 3. The fourth-order valence-corrected chi connectivity index (χ4v) is 5.32. The molecule has 2 aromatic carbocycles. The van der Waals surface area contributed by atoms with Gasteiger partial charge in [0.15, 0.2) is 16.6 Å². The van der Waals surface area contributed by atoms with E-state index < -0.39 is 23.7 Å². The van der Waals surface area contributed by atoms with Crippen molar-refractivity contribution in [2.45, 2.75) is 33.7 Å². The lowest BCUT2D eigenvalue weighted by atomic mass is 9.93. The monoisotopic (exact) mass is 548 g/mol. The van der Waals surface area contributed by atoms with Gasteiger partial charge in [0.2, 0.25) is 0 Å². The summed E-state index contributed by atoms with van der Waals surface area (Å²) in [5.74, 6) is -2.78. The first-order valence-corrected chi connectivity index (χ1v) is 13.0. The standard InChI is InChI=1S/C29H28N2O7S/c1-6-12-38-28(36)26-17(5)30-29(39-26)31-23(18-10-11-20(32)21(14-18)37-7-2)22(25(34)27(31)35)24(33)19-13-15(3)8-9-16(19)4/h6,8-11,13-14,23,32-33H,1,7,12H2,2-5H3. The summed E-state index contributed by atoms with van der Waals surface area (Å²) in [6, 6.07) is 8.75. The summed E-state index contributed by atoms with van der Waals surface area (Å²) in [6.07, 6.45) is 1.43. The minimum absolute atomic E-state index is 0.000419. The molecule has 10 heteroatoms. The maximum absolute atomic E-state index is 13.5. The van der Waals surface area contributed by atoms with Gasteiger partial charge in [-0.15, -0.1) is 0 Å². The number of benzene rings is 2. The van der Waals surface area contributed by atoms with Crippen molar-refractivity contribution in [3.05, 3.63) is 87.5 Å².